The molecule has 1 N–H and O–H groups in total. The lowest BCUT2D eigenvalue weighted by Gasteiger charge is -2.33. The number of carbonyl (C=O) groups excluding carboxylic acids is 1. The summed E-state index contributed by atoms with van der Waals surface area (Å²) in [4.78, 5) is 16.2. The fourth-order valence-corrected chi connectivity index (χ4v) is 3.84. The number of sulfonamides is 1. The normalized spacial score (nSPS) is 21.8. The molecule has 0 unspecified atom stereocenters. The van der Waals surface area contributed by atoms with E-state index in [1.54, 1.807) is 4.90 Å². The second-order valence-electron chi connectivity index (χ2n) is 6.14. The van der Waals surface area contributed by atoms with Crippen molar-refractivity contribution in [2.45, 2.75) is 25.7 Å². The Hall–Kier alpha value is -0.860. The van der Waals surface area contributed by atoms with Gasteiger partial charge in [0.2, 0.25) is 10.0 Å². The van der Waals surface area contributed by atoms with Crippen molar-refractivity contribution in [2.24, 2.45) is 0 Å². The van der Waals surface area contributed by atoms with Gasteiger partial charge in [-0.1, -0.05) is 6.42 Å². The van der Waals surface area contributed by atoms with Crippen LogP contribution >= 0.6 is 0 Å². The number of nitrogens with zero attached hydrogens (tertiary/aromatic N) is 3. The van der Waals surface area contributed by atoms with Crippen molar-refractivity contribution >= 4 is 16.1 Å². The number of urea groups is 1. The average Bonchev–Trinajstić information content (AvgIpc) is 2.52. The lowest BCUT2D eigenvalue weighted by atomic mass is 10.1. The molecular formula is C14H28N4O3S. The van der Waals surface area contributed by atoms with Crippen molar-refractivity contribution in [3.8, 4) is 0 Å². The molecule has 2 rings (SSSR count). The van der Waals surface area contributed by atoms with Gasteiger partial charge >= 0.3 is 6.03 Å². The number of nitrogens with one attached hydrogen (secondary N) is 1. The monoisotopic (exact) mass is 332 g/mol. The van der Waals surface area contributed by atoms with Crippen molar-refractivity contribution in [3.63, 3.8) is 0 Å². The van der Waals surface area contributed by atoms with Gasteiger partial charge in [0.05, 0.1) is 6.26 Å². The van der Waals surface area contributed by atoms with Crippen LogP contribution in [0.2, 0.25) is 0 Å². The maximum Gasteiger partial charge on any atom is 0.317 e. The van der Waals surface area contributed by atoms with E-state index in [-0.39, 0.29) is 6.03 Å². The Morgan fingerprint density at radius 3 is 2.23 bits per heavy atom. The molecule has 0 bridgehead atoms. The smallest absolute Gasteiger partial charge is 0.317 e. The van der Waals surface area contributed by atoms with Crippen LogP contribution < -0.4 is 5.32 Å². The van der Waals surface area contributed by atoms with Gasteiger partial charge in [0.15, 0.2) is 0 Å². The van der Waals surface area contributed by atoms with Gasteiger partial charge in [-0.15, -0.1) is 0 Å². The first-order valence-corrected chi connectivity index (χ1v) is 10.0. The molecule has 0 spiro atoms. The predicted octanol–water partition coefficient (Wildman–Crippen LogP) is 0.149. The summed E-state index contributed by atoms with van der Waals surface area (Å²) in [7, 11) is -3.14. The third-order valence-electron chi connectivity index (χ3n) is 4.37. The van der Waals surface area contributed by atoms with Crippen LogP contribution in [0.4, 0.5) is 4.79 Å². The molecule has 2 aliphatic heterocycles. The van der Waals surface area contributed by atoms with Gasteiger partial charge in [-0.25, -0.2) is 13.2 Å². The maximum atomic E-state index is 12.0. The molecule has 7 nitrogen and oxygen atoms in total. The van der Waals surface area contributed by atoms with E-state index in [0.717, 1.165) is 13.0 Å². The molecule has 0 radical (unpaired) electrons. The zero-order valence-corrected chi connectivity index (χ0v) is 14.3. The largest absolute Gasteiger partial charge is 0.338 e. The van der Waals surface area contributed by atoms with Crippen molar-refractivity contribution in [1.29, 1.82) is 0 Å². The molecule has 2 heterocycles. The molecule has 0 aromatic heterocycles. The number of carbonyl (C=O) groups is 1. The minimum atomic E-state index is -3.14. The average molecular weight is 332 g/mol. The second kappa shape index (κ2) is 8.12. The van der Waals surface area contributed by atoms with E-state index in [9.17, 15) is 13.2 Å². The molecule has 2 amide bonds. The maximum absolute atomic E-state index is 12.0. The summed E-state index contributed by atoms with van der Waals surface area (Å²) in [5.41, 5.74) is 0. The highest BCUT2D eigenvalue weighted by Crippen LogP contribution is 2.09. The number of rotatable bonds is 5. The topological polar surface area (TPSA) is 73.0 Å². The summed E-state index contributed by atoms with van der Waals surface area (Å²) in [6.45, 7) is 5.79. The summed E-state index contributed by atoms with van der Waals surface area (Å²) in [6.07, 6.45) is 6.10. The van der Waals surface area contributed by atoms with Crippen LogP contribution in [-0.4, -0.2) is 87.2 Å². The van der Waals surface area contributed by atoms with Gasteiger partial charge in [-0.05, 0) is 38.9 Å². The van der Waals surface area contributed by atoms with Crippen LogP contribution in [0.3, 0.4) is 0 Å². The van der Waals surface area contributed by atoms with E-state index in [0.29, 0.717) is 32.7 Å². The Kier molecular flexibility index (Phi) is 6.46. The molecule has 8 heteroatoms. The first kappa shape index (κ1) is 17.5. The zero-order chi connectivity index (χ0) is 16.0. The number of piperidine rings is 1. The number of amides is 2. The van der Waals surface area contributed by atoms with Crippen LogP contribution in [0.25, 0.3) is 0 Å². The molecule has 2 aliphatic rings. The van der Waals surface area contributed by atoms with Crippen molar-refractivity contribution in [3.05, 3.63) is 0 Å². The number of likely N-dealkylation sites (tertiary alicyclic amines) is 1. The van der Waals surface area contributed by atoms with Gasteiger partial charge < -0.3 is 15.1 Å². The lowest BCUT2D eigenvalue weighted by molar-refractivity contribution is 0.171. The van der Waals surface area contributed by atoms with Crippen LogP contribution in [0.5, 0.6) is 0 Å². The van der Waals surface area contributed by atoms with Gasteiger partial charge in [-0.2, -0.15) is 4.31 Å². The SMILES string of the molecule is CS(=O)(=O)N1CCN(C(=O)NCCCN2CCCCC2)CC1. The Balaban J connectivity index is 1.60. The van der Waals surface area contributed by atoms with E-state index >= 15 is 0 Å². The fraction of sp³-hybridized carbons (Fsp3) is 0.929. The van der Waals surface area contributed by atoms with Crippen LogP contribution in [0.1, 0.15) is 25.7 Å². The van der Waals surface area contributed by atoms with E-state index in [1.165, 1.54) is 42.9 Å². The molecule has 0 saturated carbocycles. The van der Waals surface area contributed by atoms with Crippen molar-refractivity contribution < 1.29 is 13.2 Å². The van der Waals surface area contributed by atoms with Gasteiger partial charge in [0, 0.05) is 32.7 Å². The highest BCUT2D eigenvalue weighted by molar-refractivity contribution is 7.88. The fourth-order valence-electron chi connectivity index (χ4n) is 3.02. The number of hydrogen-bond donors (Lipinski definition) is 1. The molecule has 0 aliphatic carbocycles. The Morgan fingerprint density at radius 2 is 1.64 bits per heavy atom. The van der Waals surface area contributed by atoms with Crippen molar-refractivity contribution in [2.75, 3.05) is 58.6 Å². The molecule has 2 fully saturated rings. The van der Waals surface area contributed by atoms with Gasteiger partial charge in [0.25, 0.3) is 0 Å². The minimum Gasteiger partial charge on any atom is -0.338 e. The van der Waals surface area contributed by atoms with Crippen LogP contribution in [-0.2, 0) is 10.0 Å². The van der Waals surface area contributed by atoms with Crippen LogP contribution in [0.15, 0.2) is 0 Å². The molecule has 22 heavy (non-hydrogen) atoms. The molecule has 0 aromatic rings. The Bertz CT molecular complexity index is 455. The standard InChI is InChI=1S/C14H28N4O3S/c1-22(20,21)18-12-10-17(11-13-18)14(19)15-6-5-9-16-7-3-2-4-8-16/h2-13H2,1H3,(H,15,19). The Morgan fingerprint density at radius 1 is 1.00 bits per heavy atom. The third kappa shape index (κ3) is 5.40. The minimum absolute atomic E-state index is 0.0770. The molecule has 2 saturated heterocycles. The number of piperazine rings is 1. The predicted molar refractivity (Wildman–Crippen MR) is 86.3 cm³/mol. The number of hydrogen-bond acceptors (Lipinski definition) is 4. The molecule has 0 atom stereocenters. The van der Waals surface area contributed by atoms with Gasteiger partial charge in [-0.3, -0.25) is 0 Å². The highest BCUT2D eigenvalue weighted by atomic mass is 32.2. The summed E-state index contributed by atoms with van der Waals surface area (Å²) in [5.74, 6) is 0. The van der Waals surface area contributed by atoms with E-state index in [1.807, 2.05) is 0 Å². The molecular weight excluding hydrogens is 304 g/mol. The Labute approximate surface area is 133 Å². The van der Waals surface area contributed by atoms with Crippen molar-refractivity contribution in [1.82, 2.24) is 19.4 Å². The quantitative estimate of drug-likeness (QED) is 0.728. The lowest BCUT2D eigenvalue weighted by Crippen LogP contribution is -2.53. The third-order valence-corrected chi connectivity index (χ3v) is 5.67. The van der Waals surface area contributed by atoms with Crippen LogP contribution in [0, 0.1) is 0 Å². The summed E-state index contributed by atoms with van der Waals surface area (Å²) in [5, 5.41) is 2.94. The summed E-state index contributed by atoms with van der Waals surface area (Å²) in [6, 6.07) is -0.0770. The zero-order valence-electron chi connectivity index (χ0n) is 13.5. The van der Waals surface area contributed by atoms with E-state index < -0.39 is 10.0 Å². The first-order valence-electron chi connectivity index (χ1n) is 8.17. The van der Waals surface area contributed by atoms with E-state index in [4.69, 9.17) is 0 Å². The molecule has 128 valence electrons. The summed E-state index contributed by atoms with van der Waals surface area (Å²) < 4.78 is 24.3. The van der Waals surface area contributed by atoms with E-state index in [2.05, 4.69) is 10.2 Å². The summed E-state index contributed by atoms with van der Waals surface area (Å²) >= 11 is 0. The first-order chi connectivity index (χ1) is 10.5. The highest BCUT2D eigenvalue weighted by Gasteiger charge is 2.25. The molecule has 0 aromatic carbocycles. The second-order valence-corrected chi connectivity index (χ2v) is 8.12. The van der Waals surface area contributed by atoms with Gasteiger partial charge in [0.1, 0.15) is 0 Å².